The van der Waals surface area contributed by atoms with E-state index in [2.05, 4.69) is 5.32 Å². The summed E-state index contributed by atoms with van der Waals surface area (Å²) in [5.41, 5.74) is 11.4. The molecule has 1 rings (SSSR count). The molecule has 0 bridgehead atoms. The van der Waals surface area contributed by atoms with Gasteiger partial charge >= 0.3 is 0 Å². The number of nitrogens with one attached hydrogen (secondary N) is 1. The summed E-state index contributed by atoms with van der Waals surface area (Å²) in [5, 5.41) is 2.59. The molecule has 0 saturated heterocycles. The lowest BCUT2D eigenvalue weighted by Gasteiger charge is -2.07. The SMILES string of the molecule is CCNC(=O)c1ccc(N)cc1C(N)=O. The normalized spacial score (nSPS) is 9.67. The number of carbonyl (C=O) groups excluding carboxylic acids is 2. The van der Waals surface area contributed by atoms with E-state index in [9.17, 15) is 9.59 Å². The van der Waals surface area contributed by atoms with Crippen molar-refractivity contribution in [3.8, 4) is 0 Å². The van der Waals surface area contributed by atoms with E-state index in [0.717, 1.165) is 0 Å². The van der Waals surface area contributed by atoms with Gasteiger partial charge in [-0.15, -0.1) is 0 Å². The quantitative estimate of drug-likeness (QED) is 0.614. The smallest absolute Gasteiger partial charge is 0.252 e. The van der Waals surface area contributed by atoms with Crippen LogP contribution in [-0.4, -0.2) is 18.4 Å². The van der Waals surface area contributed by atoms with E-state index in [0.29, 0.717) is 12.2 Å². The molecule has 0 radical (unpaired) electrons. The van der Waals surface area contributed by atoms with E-state index in [1.165, 1.54) is 12.1 Å². The molecule has 0 aliphatic carbocycles. The number of nitrogens with two attached hydrogens (primary N) is 2. The summed E-state index contributed by atoms with van der Waals surface area (Å²) in [6.45, 7) is 2.28. The molecular formula is C10H13N3O2. The van der Waals surface area contributed by atoms with Crippen molar-refractivity contribution < 1.29 is 9.59 Å². The van der Waals surface area contributed by atoms with Crippen molar-refractivity contribution in [2.24, 2.45) is 5.73 Å². The lowest BCUT2D eigenvalue weighted by molar-refractivity contribution is 0.0938. The highest BCUT2D eigenvalue weighted by molar-refractivity contribution is 6.07. The predicted octanol–water partition coefficient (Wildman–Crippen LogP) is 0.117. The van der Waals surface area contributed by atoms with Crippen LogP contribution in [0, 0.1) is 0 Å². The number of anilines is 1. The summed E-state index contributed by atoms with van der Waals surface area (Å²) in [5.74, 6) is -0.991. The first-order valence-electron chi connectivity index (χ1n) is 4.53. The van der Waals surface area contributed by atoms with Crippen LogP contribution in [0.5, 0.6) is 0 Å². The van der Waals surface area contributed by atoms with Crippen LogP contribution < -0.4 is 16.8 Å². The van der Waals surface area contributed by atoms with E-state index < -0.39 is 5.91 Å². The maximum atomic E-state index is 11.5. The van der Waals surface area contributed by atoms with Crippen LogP contribution in [0.2, 0.25) is 0 Å². The van der Waals surface area contributed by atoms with Gasteiger partial charge in [-0.05, 0) is 25.1 Å². The Morgan fingerprint density at radius 1 is 1.33 bits per heavy atom. The minimum absolute atomic E-state index is 0.140. The summed E-state index contributed by atoms with van der Waals surface area (Å²) >= 11 is 0. The summed E-state index contributed by atoms with van der Waals surface area (Å²) in [7, 11) is 0. The van der Waals surface area contributed by atoms with E-state index >= 15 is 0 Å². The van der Waals surface area contributed by atoms with E-state index in [-0.39, 0.29) is 17.0 Å². The number of nitrogen functional groups attached to an aromatic ring is 1. The molecule has 5 heteroatoms. The Labute approximate surface area is 87.4 Å². The molecule has 0 fully saturated rings. The molecule has 1 aromatic rings. The van der Waals surface area contributed by atoms with E-state index in [4.69, 9.17) is 11.5 Å². The van der Waals surface area contributed by atoms with Crippen molar-refractivity contribution in [1.29, 1.82) is 0 Å². The van der Waals surface area contributed by atoms with Crippen LogP contribution in [0.15, 0.2) is 18.2 Å². The molecular weight excluding hydrogens is 194 g/mol. The molecule has 1 aromatic carbocycles. The molecule has 15 heavy (non-hydrogen) atoms. The molecule has 80 valence electrons. The van der Waals surface area contributed by atoms with Crippen molar-refractivity contribution in [3.05, 3.63) is 29.3 Å². The molecule has 0 aliphatic rings. The van der Waals surface area contributed by atoms with Gasteiger partial charge in [-0.25, -0.2) is 0 Å². The van der Waals surface area contributed by atoms with Gasteiger partial charge in [0.05, 0.1) is 11.1 Å². The molecule has 5 N–H and O–H groups in total. The van der Waals surface area contributed by atoms with Crippen LogP contribution in [0.25, 0.3) is 0 Å². The molecule has 0 spiro atoms. The third-order valence-corrected chi connectivity index (χ3v) is 1.89. The van der Waals surface area contributed by atoms with E-state index in [1.807, 2.05) is 0 Å². The summed E-state index contributed by atoms with van der Waals surface area (Å²) < 4.78 is 0. The van der Waals surface area contributed by atoms with E-state index in [1.54, 1.807) is 13.0 Å². The predicted molar refractivity (Wildman–Crippen MR) is 57.4 cm³/mol. The number of hydrogen-bond donors (Lipinski definition) is 3. The molecule has 0 heterocycles. The van der Waals surface area contributed by atoms with Crippen LogP contribution in [0.1, 0.15) is 27.6 Å². The lowest BCUT2D eigenvalue weighted by atomic mass is 10.1. The van der Waals surface area contributed by atoms with Gasteiger partial charge in [0.2, 0.25) is 5.91 Å². The van der Waals surface area contributed by atoms with Crippen molar-refractivity contribution in [3.63, 3.8) is 0 Å². The van der Waals surface area contributed by atoms with Gasteiger partial charge < -0.3 is 16.8 Å². The van der Waals surface area contributed by atoms with Gasteiger partial charge in [-0.1, -0.05) is 0 Å². The summed E-state index contributed by atoms with van der Waals surface area (Å²) in [6.07, 6.45) is 0. The molecule has 2 amide bonds. The number of hydrogen-bond acceptors (Lipinski definition) is 3. The second-order valence-electron chi connectivity index (χ2n) is 3.03. The minimum atomic E-state index is -0.663. The van der Waals surface area contributed by atoms with Crippen molar-refractivity contribution >= 4 is 17.5 Å². The van der Waals surface area contributed by atoms with Crippen molar-refractivity contribution in [2.75, 3.05) is 12.3 Å². The minimum Gasteiger partial charge on any atom is -0.399 e. The molecule has 5 nitrogen and oxygen atoms in total. The Morgan fingerprint density at radius 3 is 2.53 bits per heavy atom. The first-order chi connectivity index (χ1) is 7.06. The third kappa shape index (κ3) is 2.46. The zero-order valence-corrected chi connectivity index (χ0v) is 8.41. The highest BCUT2D eigenvalue weighted by atomic mass is 16.2. The Morgan fingerprint density at radius 2 is 2.00 bits per heavy atom. The maximum Gasteiger partial charge on any atom is 0.252 e. The molecule has 0 aromatic heterocycles. The number of rotatable bonds is 3. The lowest BCUT2D eigenvalue weighted by Crippen LogP contribution is -2.26. The van der Waals surface area contributed by atoms with Gasteiger partial charge in [-0.2, -0.15) is 0 Å². The van der Waals surface area contributed by atoms with Crippen molar-refractivity contribution in [2.45, 2.75) is 6.92 Å². The van der Waals surface area contributed by atoms with Gasteiger partial charge in [0.15, 0.2) is 0 Å². The zero-order chi connectivity index (χ0) is 11.4. The fourth-order valence-electron chi connectivity index (χ4n) is 1.22. The number of benzene rings is 1. The number of carbonyl (C=O) groups is 2. The Kier molecular flexibility index (Phi) is 3.28. The molecule has 0 atom stereocenters. The highest BCUT2D eigenvalue weighted by Gasteiger charge is 2.14. The van der Waals surface area contributed by atoms with Gasteiger partial charge in [0.1, 0.15) is 0 Å². The summed E-state index contributed by atoms with van der Waals surface area (Å²) in [6, 6.07) is 4.43. The number of primary amides is 1. The Bertz CT molecular complexity index is 402. The fraction of sp³-hybridized carbons (Fsp3) is 0.200. The van der Waals surface area contributed by atoms with Crippen LogP contribution in [0.3, 0.4) is 0 Å². The topological polar surface area (TPSA) is 98.2 Å². The van der Waals surface area contributed by atoms with Gasteiger partial charge in [0, 0.05) is 12.2 Å². The third-order valence-electron chi connectivity index (χ3n) is 1.89. The standard InChI is InChI=1S/C10H13N3O2/c1-2-13-10(15)7-4-3-6(11)5-8(7)9(12)14/h3-5H,2,11H2,1H3,(H2,12,14)(H,13,15). The maximum absolute atomic E-state index is 11.5. The van der Waals surface area contributed by atoms with Crippen LogP contribution in [0.4, 0.5) is 5.69 Å². The van der Waals surface area contributed by atoms with Crippen LogP contribution in [-0.2, 0) is 0 Å². The Hall–Kier alpha value is -2.04. The molecule has 0 unspecified atom stereocenters. The van der Waals surface area contributed by atoms with Crippen molar-refractivity contribution in [1.82, 2.24) is 5.32 Å². The first-order valence-corrected chi connectivity index (χ1v) is 4.53. The number of amides is 2. The largest absolute Gasteiger partial charge is 0.399 e. The molecule has 0 saturated carbocycles. The first kappa shape index (κ1) is 11.0. The summed E-state index contributed by atoms with van der Waals surface area (Å²) in [4.78, 5) is 22.6. The molecule has 0 aliphatic heterocycles. The highest BCUT2D eigenvalue weighted by Crippen LogP contribution is 2.13. The Balaban J connectivity index is 3.17. The average molecular weight is 207 g/mol. The monoisotopic (exact) mass is 207 g/mol. The van der Waals surface area contributed by atoms with Crippen LogP contribution >= 0.6 is 0 Å². The van der Waals surface area contributed by atoms with Gasteiger partial charge in [-0.3, -0.25) is 9.59 Å². The second-order valence-corrected chi connectivity index (χ2v) is 3.03. The second kappa shape index (κ2) is 4.45. The fourth-order valence-corrected chi connectivity index (χ4v) is 1.22. The average Bonchev–Trinajstić information content (AvgIpc) is 2.17. The van der Waals surface area contributed by atoms with Gasteiger partial charge in [0.25, 0.3) is 5.91 Å². The zero-order valence-electron chi connectivity index (χ0n) is 8.41.